The fraction of sp³-hybridized carbons (Fsp3) is 0.444. The van der Waals surface area contributed by atoms with Gasteiger partial charge in [0, 0.05) is 84.0 Å². The molecule has 6 rings (SSSR count). The average Bonchev–Trinajstić information content (AvgIpc) is 3.07. The maximum atomic E-state index is 15.4. The number of nitrogens with one attached hydrogen (secondary N) is 2. The normalized spacial score (nSPS) is 21.4. The molecular formula is C36H41F5N6O2. The van der Waals surface area contributed by atoms with Crippen molar-refractivity contribution in [3.63, 3.8) is 0 Å². The molecule has 3 aliphatic heterocycles. The Morgan fingerprint density at radius 1 is 0.837 bits per heavy atom. The zero-order valence-electron chi connectivity index (χ0n) is 27.4. The van der Waals surface area contributed by atoms with Gasteiger partial charge in [-0.25, -0.2) is 8.78 Å². The molecule has 2 N–H and O–H groups in total. The maximum Gasteiger partial charge on any atom is 0.393 e. The molecule has 2 atom stereocenters. The van der Waals surface area contributed by atoms with Gasteiger partial charge in [0.25, 0.3) is 0 Å². The largest absolute Gasteiger partial charge is 0.393 e. The van der Waals surface area contributed by atoms with Gasteiger partial charge in [0.1, 0.15) is 11.6 Å². The van der Waals surface area contributed by atoms with Gasteiger partial charge in [-0.2, -0.15) is 13.2 Å². The second kappa shape index (κ2) is 14.8. The third-order valence-electron chi connectivity index (χ3n) is 9.80. The molecule has 0 aromatic heterocycles. The number of benzene rings is 3. The fourth-order valence-corrected chi connectivity index (χ4v) is 6.86. The van der Waals surface area contributed by atoms with Crippen molar-refractivity contribution >= 4 is 23.2 Å². The molecule has 2 unspecified atom stereocenters. The van der Waals surface area contributed by atoms with E-state index in [0.717, 1.165) is 56.9 Å². The standard InChI is InChI=1S/C36H41F5N6O2/c1-44-10-16-47(17-11-44)33-9-5-26(19-32(33)43-35(49)29-21-42-34(48)20-30(29)36(39,40)41)28-18-25(4-8-31(28)38)23-46-14-12-45(13-15-46)22-24-2-6-27(37)7-3-24/h2-9,18-19,29-30H,10-17,20-23H2,1H3,(H,42,48)(H,43,49). The molecule has 3 saturated heterocycles. The summed E-state index contributed by atoms with van der Waals surface area (Å²) in [5.41, 5.74) is 3.71. The van der Waals surface area contributed by atoms with Crippen LogP contribution in [0.4, 0.5) is 33.3 Å². The Morgan fingerprint density at radius 2 is 1.47 bits per heavy atom. The predicted octanol–water partition coefficient (Wildman–Crippen LogP) is 4.95. The van der Waals surface area contributed by atoms with Gasteiger partial charge in [-0.15, -0.1) is 0 Å². The van der Waals surface area contributed by atoms with Gasteiger partial charge < -0.3 is 20.4 Å². The van der Waals surface area contributed by atoms with E-state index >= 15 is 4.39 Å². The summed E-state index contributed by atoms with van der Waals surface area (Å²) in [6.45, 7) is 7.02. The number of carbonyl (C=O) groups excluding carboxylic acids is 2. The molecule has 0 bridgehead atoms. The lowest BCUT2D eigenvalue weighted by molar-refractivity contribution is -0.197. The van der Waals surface area contributed by atoms with Crippen molar-refractivity contribution in [2.24, 2.45) is 11.8 Å². The summed E-state index contributed by atoms with van der Waals surface area (Å²) in [6.07, 6.45) is -5.53. The maximum absolute atomic E-state index is 15.4. The zero-order valence-corrected chi connectivity index (χ0v) is 27.4. The predicted molar refractivity (Wildman–Crippen MR) is 178 cm³/mol. The van der Waals surface area contributed by atoms with Crippen LogP contribution >= 0.6 is 0 Å². The second-order valence-corrected chi connectivity index (χ2v) is 13.3. The molecule has 0 aliphatic carbocycles. The molecule has 13 heteroatoms. The number of anilines is 2. The van der Waals surface area contributed by atoms with E-state index in [9.17, 15) is 27.2 Å². The minimum absolute atomic E-state index is 0.256. The molecule has 3 aliphatic rings. The highest BCUT2D eigenvalue weighted by atomic mass is 19.4. The second-order valence-electron chi connectivity index (χ2n) is 13.3. The molecule has 8 nitrogen and oxygen atoms in total. The molecular weight excluding hydrogens is 643 g/mol. The molecule has 2 amide bonds. The molecule has 3 fully saturated rings. The van der Waals surface area contributed by atoms with E-state index in [1.807, 2.05) is 7.05 Å². The molecule has 3 heterocycles. The Bertz CT molecular complexity index is 1640. The minimum Gasteiger partial charge on any atom is -0.367 e. The van der Waals surface area contributed by atoms with Crippen LogP contribution in [0.2, 0.25) is 0 Å². The van der Waals surface area contributed by atoms with Crippen molar-refractivity contribution in [1.29, 1.82) is 0 Å². The van der Waals surface area contributed by atoms with Crippen LogP contribution in [0, 0.1) is 23.5 Å². The van der Waals surface area contributed by atoms with Gasteiger partial charge >= 0.3 is 6.18 Å². The lowest BCUT2D eigenvalue weighted by Gasteiger charge is -2.36. The highest BCUT2D eigenvalue weighted by Crippen LogP contribution is 2.39. The summed E-state index contributed by atoms with van der Waals surface area (Å²) in [7, 11) is 2.00. The van der Waals surface area contributed by atoms with Crippen molar-refractivity contribution < 1.29 is 31.5 Å². The van der Waals surface area contributed by atoms with Gasteiger partial charge in [-0.1, -0.05) is 24.3 Å². The first-order valence-corrected chi connectivity index (χ1v) is 16.6. The number of amides is 2. The number of hydrogen-bond acceptors (Lipinski definition) is 6. The number of likely N-dealkylation sites (N-methyl/N-ethyl adjacent to an activating group) is 1. The molecule has 0 spiro atoms. The lowest BCUT2D eigenvalue weighted by Crippen LogP contribution is -2.50. The van der Waals surface area contributed by atoms with Gasteiger partial charge in [0.15, 0.2) is 0 Å². The van der Waals surface area contributed by atoms with Crippen LogP contribution in [0.15, 0.2) is 60.7 Å². The molecule has 0 saturated carbocycles. The number of piperazine rings is 2. The smallest absolute Gasteiger partial charge is 0.367 e. The summed E-state index contributed by atoms with van der Waals surface area (Å²) in [5, 5.41) is 5.14. The SMILES string of the molecule is CN1CCN(c2ccc(-c3cc(CN4CCN(Cc5ccc(F)cc5)CC4)ccc3F)cc2NC(=O)C2CNC(=O)CC2C(F)(F)F)CC1. The van der Waals surface area contributed by atoms with E-state index in [1.165, 1.54) is 18.2 Å². The van der Waals surface area contributed by atoms with Crippen LogP contribution in [0.1, 0.15) is 17.5 Å². The number of piperidine rings is 1. The van der Waals surface area contributed by atoms with Gasteiger partial charge in [0.2, 0.25) is 11.8 Å². The third kappa shape index (κ3) is 8.57. The number of hydrogen-bond donors (Lipinski definition) is 2. The van der Waals surface area contributed by atoms with Gasteiger partial charge in [-0.05, 0) is 60.1 Å². The first-order valence-electron chi connectivity index (χ1n) is 16.6. The van der Waals surface area contributed by atoms with E-state index in [1.54, 1.807) is 42.5 Å². The Morgan fingerprint density at radius 3 is 2.12 bits per heavy atom. The summed E-state index contributed by atoms with van der Waals surface area (Å²) in [5.74, 6) is -5.90. The van der Waals surface area contributed by atoms with E-state index in [0.29, 0.717) is 42.1 Å². The fourth-order valence-electron chi connectivity index (χ4n) is 6.86. The van der Waals surface area contributed by atoms with Crippen molar-refractivity contribution in [2.45, 2.75) is 25.7 Å². The quantitative estimate of drug-likeness (QED) is 0.328. The topological polar surface area (TPSA) is 71.2 Å². The van der Waals surface area contributed by atoms with Crippen LogP contribution in [-0.4, -0.2) is 98.6 Å². The zero-order chi connectivity index (χ0) is 34.7. The van der Waals surface area contributed by atoms with Gasteiger partial charge in [-0.3, -0.25) is 19.4 Å². The number of halogens is 5. The van der Waals surface area contributed by atoms with Gasteiger partial charge in [0.05, 0.1) is 23.2 Å². The van der Waals surface area contributed by atoms with Crippen LogP contribution in [0.25, 0.3) is 11.1 Å². The van der Waals surface area contributed by atoms with Crippen molar-refractivity contribution in [2.75, 3.05) is 76.2 Å². The molecule has 3 aromatic carbocycles. The minimum atomic E-state index is -4.72. The van der Waals surface area contributed by atoms with Crippen LogP contribution in [0.3, 0.4) is 0 Å². The highest BCUT2D eigenvalue weighted by molar-refractivity contribution is 5.98. The number of rotatable bonds is 8. The van der Waals surface area contributed by atoms with Crippen molar-refractivity contribution in [3.8, 4) is 11.1 Å². The molecule has 49 heavy (non-hydrogen) atoms. The Balaban J connectivity index is 1.20. The van der Waals surface area contributed by atoms with Crippen molar-refractivity contribution in [3.05, 3.63) is 83.4 Å². The Kier molecular flexibility index (Phi) is 10.5. The molecule has 0 radical (unpaired) electrons. The summed E-state index contributed by atoms with van der Waals surface area (Å²) in [4.78, 5) is 34.1. The number of carbonyl (C=O) groups is 2. The highest BCUT2D eigenvalue weighted by Gasteiger charge is 2.50. The van der Waals surface area contributed by atoms with E-state index in [2.05, 4.69) is 30.2 Å². The van der Waals surface area contributed by atoms with Crippen molar-refractivity contribution in [1.82, 2.24) is 20.0 Å². The Hall–Kier alpha value is -4.07. The first kappa shape index (κ1) is 34.8. The summed E-state index contributed by atoms with van der Waals surface area (Å²) in [6, 6.07) is 16.7. The van der Waals surface area contributed by atoms with E-state index in [4.69, 9.17) is 0 Å². The van der Waals surface area contributed by atoms with Crippen LogP contribution in [-0.2, 0) is 22.7 Å². The molecule has 3 aromatic rings. The number of alkyl halides is 3. The summed E-state index contributed by atoms with van der Waals surface area (Å²) >= 11 is 0. The monoisotopic (exact) mass is 684 g/mol. The van der Waals surface area contributed by atoms with E-state index < -0.39 is 48.6 Å². The van der Waals surface area contributed by atoms with Crippen LogP contribution in [0.5, 0.6) is 0 Å². The summed E-state index contributed by atoms with van der Waals surface area (Å²) < 4.78 is 70.4. The van der Waals surface area contributed by atoms with Crippen LogP contribution < -0.4 is 15.5 Å². The third-order valence-corrected chi connectivity index (χ3v) is 9.80. The van der Waals surface area contributed by atoms with E-state index in [-0.39, 0.29) is 5.82 Å². The Labute approximate surface area is 282 Å². The average molecular weight is 685 g/mol. The molecule has 262 valence electrons. The number of nitrogens with zero attached hydrogens (tertiary/aromatic N) is 4. The first-order chi connectivity index (χ1) is 23.4. The lowest BCUT2D eigenvalue weighted by atomic mass is 9.84.